The van der Waals surface area contributed by atoms with Crippen molar-refractivity contribution in [1.29, 1.82) is 0 Å². The van der Waals surface area contributed by atoms with Crippen LogP contribution in [-0.2, 0) is 14.6 Å². The zero-order valence-electron chi connectivity index (χ0n) is 11.5. The molecule has 0 aromatic heterocycles. The minimum atomic E-state index is -3.20. The molecule has 1 rings (SSSR count). The van der Waals surface area contributed by atoms with Gasteiger partial charge in [-0.05, 0) is 37.2 Å². The van der Waals surface area contributed by atoms with E-state index >= 15 is 0 Å². The van der Waals surface area contributed by atoms with Crippen LogP contribution >= 0.6 is 0 Å². The molecule has 112 valence electrons. The Morgan fingerprint density at radius 2 is 1.95 bits per heavy atom. The Morgan fingerprint density at radius 1 is 1.30 bits per heavy atom. The maximum Gasteiger partial charge on any atom is 0.223 e. The van der Waals surface area contributed by atoms with E-state index in [2.05, 4.69) is 5.32 Å². The molecule has 1 amide bonds. The molecule has 0 spiro atoms. The van der Waals surface area contributed by atoms with E-state index in [1.54, 1.807) is 12.1 Å². The van der Waals surface area contributed by atoms with Crippen LogP contribution in [0, 0.1) is 0 Å². The van der Waals surface area contributed by atoms with Crippen molar-refractivity contribution in [2.24, 2.45) is 5.73 Å². The largest absolute Gasteiger partial charge is 0.493 e. The number of carbonyl (C=O) groups excluding carboxylic acids is 1. The van der Waals surface area contributed by atoms with Gasteiger partial charge in [0.15, 0.2) is 9.84 Å². The number of benzene rings is 1. The summed E-state index contributed by atoms with van der Waals surface area (Å²) < 4.78 is 27.9. The molecule has 1 aromatic rings. The summed E-state index contributed by atoms with van der Waals surface area (Å²) >= 11 is 0. The second-order valence-electron chi connectivity index (χ2n) is 4.33. The molecule has 20 heavy (non-hydrogen) atoms. The van der Waals surface area contributed by atoms with Crippen LogP contribution in [0.3, 0.4) is 0 Å². The van der Waals surface area contributed by atoms with E-state index in [1.165, 1.54) is 12.1 Å². The highest BCUT2D eigenvalue weighted by Gasteiger charge is 2.06. The van der Waals surface area contributed by atoms with Gasteiger partial charge in [-0.15, -0.1) is 0 Å². The van der Waals surface area contributed by atoms with Gasteiger partial charge in [-0.1, -0.05) is 0 Å². The summed E-state index contributed by atoms with van der Waals surface area (Å²) in [7, 11) is -3.20. The second kappa shape index (κ2) is 7.86. The van der Waals surface area contributed by atoms with Gasteiger partial charge in [-0.3, -0.25) is 4.79 Å². The molecule has 0 atom stereocenters. The highest BCUT2D eigenvalue weighted by atomic mass is 32.2. The fourth-order valence-electron chi connectivity index (χ4n) is 1.46. The standard InChI is InChI=1S/C13H20N2O4S/c1-20(17,18)12-5-3-11(4-6-12)19-10-7-13(16)15-9-2-8-14/h3-6H,2,7-10,14H2,1H3,(H,15,16). The molecule has 0 heterocycles. The average molecular weight is 300 g/mol. The first-order valence-corrected chi connectivity index (χ1v) is 8.22. The van der Waals surface area contributed by atoms with Crippen LogP contribution in [0.4, 0.5) is 0 Å². The van der Waals surface area contributed by atoms with Crippen LogP contribution in [-0.4, -0.2) is 40.3 Å². The zero-order chi connectivity index (χ0) is 15.0. The minimum Gasteiger partial charge on any atom is -0.493 e. The quantitative estimate of drug-likeness (QED) is 0.674. The Hall–Kier alpha value is -1.60. The van der Waals surface area contributed by atoms with E-state index in [9.17, 15) is 13.2 Å². The summed E-state index contributed by atoms with van der Waals surface area (Å²) in [6.07, 6.45) is 2.15. The summed E-state index contributed by atoms with van der Waals surface area (Å²) in [5.41, 5.74) is 5.31. The van der Waals surface area contributed by atoms with Crippen molar-refractivity contribution >= 4 is 15.7 Å². The lowest BCUT2D eigenvalue weighted by molar-refractivity contribution is -0.121. The van der Waals surface area contributed by atoms with E-state index in [1.807, 2.05) is 0 Å². The molecule has 3 N–H and O–H groups in total. The molecular weight excluding hydrogens is 280 g/mol. The van der Waals surface area contributed by atoms with E-state index in [-0.39, 0.29) is 23.8 Å². The molecule has 0 saturated carbocycles. The van der Waals surface area contributed by atoms with Crippen molar-refractivity contribution in [1.82, 2.24) is 5.32 Å². The van der Waals surface area contributed by atoms with Crippen molar-refractivity contribution in [3.63, 3.8) is 0 Å². The van der Waals surface area contributed by atoms with Crippen LogP contribution in [0.2, 0.25) is 0 Å². The highest BCUT2D eigenvalue weighted by Crippen LogP contribution is 2.15. The van der Waals surface area contributed by atoms with E-state index in [0.29, 0.717) is 18.8 Å². The number of carbonyl (C=O) groups is 1. The Kier molecular flexibility index (Phi) is 6.47. The summed E-state index contributed by atoms with van der Waals surface area (Å²) in [5.74, 6) is 0.443. The number of amides is 1. The first-order chi connectivity index (χ1) is 9.43. The van der Waals surface area contributed by atoms with E-state index in [0.717, 1.165) is 12.7 Å². The maximum absolute atomic E-state index is 11.4. The number of sulfone groups is 1. The SMILES string of the molecule is CS(=O)(=O)c1ccc(OCCC(=O)NCCCN)cc1. The third-order valence-electron chi connectivity index (χ3n) is 2.55. The summed E-state index contributed by atoms with van der Waals surface area (Å²) in [4.78, 5) is 11.6. The molecule has 0 unspecified atom stereocenters. The van der Waals surface area contributed by atoms with Crippen molar-refractivity contribution in [2.45, 2.75) is 17.7 Å². The van der Waals surface area contributed by atoms with Crippen molar-refractivity contribution in [3.8, 4) is 5.75 Å². The number of nitrogens with one attached hydrogen (secondary N) is 1. The lowest BCUT2D eigenvalue weighted by Gasteiger charge is -2.07. The molecule has 6 nitrogen and oxygen atoms in total. The lowest BCUT2D eigenvalue weighted by Crippen LogP contribution is -2.27. The van der Waals surface area contributed by atoms with Crippen molar-refractivity contribution < 1.29 is 17.9 Å². The predicted molar refractivity (Wildman–Crippen MR) is 76.3 cm³/mol. The molecule has 0 aliphatic carbocycles. The normalized spacial score (nSPS) is 11.1. The van der Waals surface area contributed by atoms with Crippen molar-refractivity contribution in [3.05, 3.63) is 24.3 Å². The summed E-state index contributed by atoms with van der Waals surface area (Å²) in [6.45, 7) is 1.36. The third-order valence-corrected chi connectivity index (χ3v) is 3.68. The predicted octanol–water partition coefficient (Wildman–Crippen LogP) is 0.324. The van der Waals surface area contributed by atoms with Gasteiger partial charge in [0.25, 0.3) is 0 Å². The molecule has 0 fully saturated rings. The number of hydrogen-bond acceptors (Lipinski definition) is 5. The van der Waals surface area contributed by atoms with Gasteiger partial charge in [0, 0.05) is 12.8 Å². The first kappa shape index (κ1) is 16.5. The molecule has 0 bridgehead atoms. The molecule has 0 radical (unpaired) electrons. The topological polar surface area (TPSA) is 98.5 Å². The highest BCUT2D eigenvalue weighted by molar-refractivity contribution is 7.90. The van der Waals surface area contributed by atoms with Gasteiger partial charge < -0.3 is 15.8 Å². The molecule has 0 aliphatic heterocycles. The van der Waals surface area contributed by atoms with Gasteiger partial charge in [-0.2, -0.15) is 0 Å². The Balaban J connectivity index is 2.34. The van der Waals surface area contributed by atoms with Crippen LogP contribution in [0.25, 0.3) is 0 Å². The fraction of sp³-hybridized carbons (Fsp3) is 0.462. The molecule has 1 aromatic carbocycles. The maximum atomic E-state index is 11.4. The summed E-state index contributed by atoms with van der Waals surface area (Å²) in [5, 5.41) is 2.72. The summed E-state index contributed by atoms with van der Waals surface area (Å²) in [6, 6.07) is 6.10. The number of ether oxygens (including phenoxy) is 1. The van der Waals surface area contributed by atoms with Gasteiger partial charge in [0.2, 0.25) is 5.91 Å². The fourth-order valence-corrected chi connectivity index (χ4v) is 2.09. The van der Waals surface area contributed by atoms with Crippen LogP contribution in [0.15, 0.2) is 29.2 Å². The average Bonchev–Trinajstić information content (AvgIpc) is 2.38. The molecule has 0 saturated heterocycles. The van der Waals surface area contributed by atoms with Crippen LogP contribution < -0.4 is 15.8 Å². The monoisotopic (exact) mass is 300 g/mol. The smallest absolute Gasteiger partial charge is 0.223 e. The number of hydrogen-bond donors (Lipinski definition) is 2. The van der Waals surface area contributed by atoms with Crippen LogP contribution in [0.1, 0.15) is 12.8 Å². The Bertz CT molecular complexity index is 526. The Morgan fingerprint density at radius 3 is 2.50 bits per heavy atom. The molecule has 0 aliphatic rings. The third kappa shape index (κ3) is 6.03. The van der Waals surface area contributed by atoms with Gasteiger partial charge >= 0.3 is 0 Å². The lowest BCUT2D eigenvalue weighted by atomic mass is 10.3. The minimum absolute atomic E-state index is 0.0915. The Labute approximate surface area is 119 Å². The van der Waals surface area contributed by atoms with Gasteiger partial charge in [0.05, 0.1) is 17.9 Å². The number of rotatable bonds is 8. The van der Waals surface area contributed by atoms with Gasteiger partial charge in [-0.25, -0.2) is 8.42 Å². The second-order valence-corrected chi connectivity index (χ2v) is 6.35. The zero-order valence-corrected chi connectivity index (χ0v) is 12.3. The molecular formula is C13H20N2O4S. The van der Waals surface area contributed by atoms with Crippen LogP contribution in [0.5, 0.6) is 5.75 Å². The molecule has 7 heteroatoms. The van der Waals surface area contributed by atoms with E-state index < -0.39 is 9.84 Å². The van der Waals surface area contributed by atoms with E-state index in [4.69, 9.17) is 10.5 Å². The number of nitrogens with two attached hydrogens (primary N) is 1. The van der Waals surface area contributed by atoms with Gasteiger partial charge in [0.1, 0.15) is 5.75 Å². The van der Waals surface area contributed by atoms with Crippen molar-refractivity contribution in [2.75, 3.05) is 26.0 Å². The first-order valence-electron chi connectivity index (χ1n) is 6.33.